The van der Waals surface area contributed by atoms with Gasteiger partial charge in [-0.25, -0.2) is 9.78 Å². The number of thiazole rings is 1. The van der Waals surface area contributed by atoms with E-state index in [0.717, 1.165) is 11.3 Å². The van der Waals surface area contributed by atoms with E-state index in [0.29, 0.717) is 17.9 Å². The van der Waals surface area contributed by atoms with Crippen LogP contribution in [-0.4, -0.2) is 24.2 Å². The van der Waals surface area contributed by atoms with Crippen LogP contribution in [0.2, 0.25) is 0 Å². The van der Waals surface area contributed by atoms with Gasteiger partial charge in [0.05, 0.1) is 23.7 Å². The SMILES string of the molecule is C=C(C)C(=C)OCC(COC(=O)C(=C)C)c1cscn1. The zero-order chi connectivity index (χ0) is 15.1. The van der Waals surface area contributed by atoms with Crippen molar-refractivity contribution in [3.05, 3.63) is 53.2 Å². The molecule has 108 valence electrons. The average Bonchev–Trinajstić information content (AvgIpc) is 2.91. The Labute approximate surface area is 123 Å². The molecule has 1 atom stereocenters. The smallest absolute Gasteiger partial charge is 0.333 e. The first-order chi connectivity index (χ1) is 9.41. The Bertz CT molecular complexity index is 475. The second kappa shape index (κ2) is 7.65. The van der Waals surface area contributed by atoms with E-state index in [-0.39, 0.29) is 12.5 Å². The average molecular weight is 293 g/mol. The highest BCUT2D eigenvalue weighted by atomic mass is 32.1. The second-order valence-electron chi connectivity index (χ2n) is 4.50. The Kier molecular flexibility index (Phi) is 6.18. The van der Waals surface area contributed by atoms with Gasteiger partial charge in [-0.15, -0.1) is 11.3 Å². The predicted octanol–water partition coefficient (Wildman–Crippen LogP) is 3.45. The monoisotopic (exact) mass is 293 g/mol. The molecule has 1 heterocycles. The standard InChI is InChI=1S/C15H19NO3S/c1-10(2)12(5)18-6-13(14-8-20-9-16-14)7-19-15(17)11(3)4/h8-9,13H,1,3,5-7H2,2,4H3. The van der Waals surface area contributed by atoms with Crippen LogP contribution in [0.1, 0.15) is 25.5 Å². The molecule has 0 aliphatic rings. The molecule has 0 saturated heterocycles. The van der Waals surface area contributed by atoms with Gasteiger partial charge in [0.15, 0.2) is 0 Å². The number of aromatic nitrogens is 1. The first-order valence-electron chi connectivity index (χ1n) is 6.10. The van der Waals surface area contributed by atoms with E-state index in [1.54, 1.807) is 12.4 Å². The summed E-state index contributed by atoms with van der Waals surface area (Å²) < 4.78 is 10.7. The van der Waals surface area contributed by atoms with Gasteiger partial charge < -0.3 is 9.47 Å². The third kappa shape index (κ3) is 5.01. The second-order valence-corrected chi connectivity index (χ2v) is 5.22. The highest BCUT2D eigenvalue weighted by Crippen LogP contribution is 2.19. The van der Waals surface area contributed by atoms with Crippen molar-refractivity contribution in [1.82, 2.24) is 4.98 Å². The molecule has 0 aromatic carbocycles. The van der Waals surface area contributed by atoms with Gasteiger partial charge in [0.2, 0.25) is 0 Å². The molecular weight excluding hydrogens is 274 g/mol. The molecule has 1 aromatic heterocycles. The third-order valence-corrected chi connectivity index (χ3v) is 3.17. The summed E-state index contributed by atoms with van der Waals surface area (Å²) >= 11 is 1.48. The van der Waals surface area contributed by atoms with Gasteiger partial charge in [-0.05, 0) is 19.4 Å². The summed E-state index contributed by atoms with van der Waals surface area (Å²) in [5.41, 5.74) is 3.70. The summed E-state index contributed by atoms with van der Waals surface area (Å²) in [6.45, 7) is 15.0. The van der Waals surface area contributed by atoms with Crippen LogP contribution in [0.4, 0.5) is 0 Å². The van der Waals surface area contributed by atoms with Gasteiger partial charge >= 0.3 is 5.97 Å². The fraction of sp³-hybridized carbons (Fsp3) is 0.333. The third-order valence-electron chi connectivity index (χ3n) is 2.57. The van der Waals surface area contributed by atoms with E-state index < -0.39 is 5.97 Å². The summed E-state index contributed by atoms with van der Waals surface area (Å²) in [6.07, 6.45) is 0. The molecule has 1 rings (SSSR count). The number of nitrogens with zero attached hydrogens (tertiary/aromatic N) is 1. The number of allylic oxidation sites excluding steroid dienone is 1. The highest BCUT2D eigenvalue weighted by Gasteiger charge is 2.18. The maximum absolute atomic E-state index is 11.5. The molecule has 0 fully saturated rings. The molecule has 0 aliphatic heterocycles. The Morgan fingerprint density at radius 2 is 1.90 bits per heavy atom. The Morgan fingerprint density at radius 3 is 2.40 bits per heavy atom. The molecule has 0 amide bonds. The van der Waals surface area contributed by atoms with Crippen LogP contribution in [0.25, 0.3) is 0 Å². The lowest BCUT2D eigenvalue weighted by atomic mass is 10.1. The zero-order valence-electron chi connectivity index (χ0n) is 11.8. The van der Waals surface area contributed by atoms with Gasteiger partial charge in [-0.3, -0.25) is 0 Å². The summed E-state index contributed by atoms with van der Waals surface area (Å²) in [4.78, 5) is 15.7. The van der Waals surface area contributed by atoms with Crippen LogP contribution in [0.5, 0.6) is 0 Å². The number of rotatable bonds is 8. The Morgan fingerprint density at radius 1 is 1.25 bits per heavy atom. The number of hydrogen-bond donors (Lipinski definition) is 0. The molecule has 0 radical (unpaired) electrons. The first kappa shape index (κ1) is 16.2. The summed E-state index contributed by atoms with van der Waals surface area (Å²) in [7, 11) is 0. The summed E-state index contributed by atoms with van der Waals surface area (Å²) in [5, 5.41) is 1.91. The van der Waals surface area contributed by atoms with Crippen LogP contribution in [-0.2, 0) is 14.3 Å². The molecule has 20 heavy (non-hydrogen) atoms. The van der Waals surface area contributed by atoms with E-state index in [1.165, 1.54) is 11.3 Å². The fourth-order valence-electron chi connectivity index (χ4n) is 1.27. The van der Waals surface area contributed by atoms with E-state index in [9.17, 15) is 4.79 Å². The fourth-order valence-corrected chi connectivity index (χ4v) is 1.90. The largest absolute Gasteiger partial charge is 0.493 e. The molecule has 5 heteroatoms. The molecular formula is C15H19NO3S. The van der Waals surface area contributed by atoms with Crippen molar-refractivity contribution in [2.24, 2.45) is 0 Å². The number of carbonyl (C=O) groups is 1. The van der Waals surface area contributed by atoms with Crippen molar-refractivity contribution in [3.8, 4) is 0 Å². The number of carbonyl (C=O) groups excluding carboxylic acids is 1. The molecule has 0 N–H and O–H groups in total. The Balaban J connectivity index is 2.62. The molecule has 0 aliphatic carbocycles. The van der Waals surface area contributed by atoms with Crippen molar-refractivity contribution in [2.75, 3.05) is 13.2 Å². The zero-order valence-corrected chi connectivity index (χ0v) is 12.7. The minimum atomic E-state index is -0.413. The van der Waals surface area contributed by atoms with Gasteiger partial charge in [0.1, 0.15) is 12.4 Å². The van der Waals surface area contributed by atoms with Crippen molar-refractivity contribution in [2.45, 2.75) is 19.8 Å². The van der Waals surface area contributed by atoms with Crippen molar-refractivity contribution in [3.63, 3.8) is 0 Å². The van der Waals surface area contributed by atoms with Crippen molar-refractivity contribution in [1.29, 1.82) is 0 Å². The highest BCUT2D eigenvalue weighted by molar-refractivity contribution is 7.07. The first-order valence-corrected chi connectivity index (χ1v) is 7.04. The van der Waals surface area contributed by atoms with Crippen LogP contribution < -0.4 is 0 Å². The summed E-state index contributed by atoms with van der Waals surface area (Å²) in [6, 6.07) is 0. The van der Waals surface area contributed by atoms with Crippen LogP contribution >= 0.6 is 11.3 Å². The molecule has 1 aromatic rings. The van der Waals surface area contributed by atoms with Crippen LogP contribution in [0.15, 0.2) is 47.5 Å². The Hall–Kier alpha value is -1.88. The lowest BCUT2D eigenvalue weighted by Gasteiger charge is -2.17. The maximum Gasteiger partial charge on any atom is 0.333 e. The van der Waals surface area contributed by atoms with E-state index in [4.69, 9.17) is 9.47 Å². The van der Waals surface area contributed by atoms with Crippen molar-refractivity contribution < 1.29 is 14.3 Å². The predicted molar refractivity (Wildman–Crippen MR) is 80.5 cm³/mol. The molecule has 0 bridgehead atoms. The number of ether oxygens (including phenoxy) is 2. The van der Waals surface area contributed by atoms with Gasteiger partial charge in [0.25, 0.3) is 0 Å². The van der Waals surface area contributed by atoms with Crippen LogP contribution in [0, 0.1) is 0 Å². The minimum absolute atomic E-state index is 0.138. The number of hydrogen-bond acceptors (Lipinski definition) is 5. The van der Waals surface area contributed by atoms with Crippen molar-refractivity contribution >= 4 is 17.3 Å². The maximum atomic E-state index is 11.5. The van der Waals surface area contributed by atoms with E-state index >= 15 is 0 Å². The quantitative estimate of drug-likeness (QED) is 0.319. The van der Waals surface area contributed by atoms with Gasteiger partial charge in [-0.1, -0.05) is 19.7 Å². The van der Waals surface area contributed by atoms with E-state index in [2.05, 4.69) is 24.7 Å². The van der Waals surface area contributed by atoms with Gasteiger partial charge in [0, 0.05) is 11.0 Å². The molecule has 0 spiro atoms. The van der Waals surface area contributed by atoms with Gasteiger partial charge in [-0.2, -0.15) is 0 Å². The lowest BCUT2D eigenvalue weighted by Crippen LogP contribution is -2.18. The lowest BCUT2D eigenvalue weighted by molar-refractivity contribution is -0.139. The normalized spacial score (nSPS) is 11.5. The summed E-state index contributed by atoms with van der Waals surface area (Å²) in [5.74, 6) is -0.0268. The molecule has 4 nitrogen and oxygen atoms in total. The molecule has 0 saturated carbocycles. The molecule has 1 unspecified atom stereocenters. The van der Waals surface area contributed by atoms with Crippen LogP contribution in [0.3, 0.4) is 0 Å². The topological polar surface area (TPSA) is 48.4 Å². The minimum Gasteiger partial charge on any atom is -0.493 e. The number of esters is 1. The van der Waals surface area contributed by atoms with E-state index in [1.807, 2.05) is 12.3 Å².